The molecule has 2 aromatic heterocycles. The number of carbonyl (C=O) groups is 2. The molecule has 0 saturated heterocycles. The summed E-state index contributed by atoms with van der Waals surface area (Å²) in [4.78, 5) is 30.3. The first kappa shape index (κ1) is 20.5. The second-order valence-electron chi connectivity index (χ2n) is 7.06. The highest BCUT2D eigenvalue weighted by Gasteiger charge is 2.15. The lowest BCUT2D eigenvalue weighted by Crippen LogP contribution is -2.26. The molecule has 0 aliphatic rings. The third-order valence-electron chi connectivity index (χ3n) is 4.62. The number of nitrogens with zero attached hydrogens (tertiary/aromatic N) is 4. The Balaban J connectivity index is 1.41. The SMILES string of the molecule is CC(=O)Nc1cnn(-c2ccc(C(=O)N(C)Cc3nc(-c4ccccc4)cs3)cc2)c1. The van der Waals surface area contributed by atoms with Crippen LogP contribution >= 0.6 is 11.3 Å². The van der Waals surface area contributed by atoms with E-state index in [4.69, 9.17) is 0 Å². The van der Waals surface area contributed by atoms with Gasteiger partial charge in [-0.3, -0.25) is 9.59 Å². The summed E-state index contributed by atoms with van der Waals surface area (Å²) >= 11 is 1.54. The van der Waals surface area contributed by atoms with Crippen LogP contribution in [0.15, 0.2) is 72.4 Å². The molecular formula is C23H21N5O2S. The number of nitrogens with one attached hydrogen (secondary N) is 1. The summed E-state index contributed by atoms with van der Waals surface area (Å²) in [5.74, 6) is -0.234. The molecule has 4 aromatic rings. The van der Waals surface area contributed by atoms with Crippen molar-refractivity contribution in [2.75, 3.05) is 12.4 Å². The quantitative estimate of drug-likeness (QED) is 0.496. The molecular weight excluding hydrogens is 410 g/mol. The van der Waals surface area contributed by atoms with E-state index in [0.717, 1.165) is 22.0 Å². The lowest BCUT2D eigenvalue weighted by atomic mass is 10.2. The van der Waals surface area contributed by atoms with E-state index in [1.165, 1.54) is 6.92 Å². The van der Waals surface area contributed by atoms with Gasteiger partial charge in [0.2, 0.25) is 5.91 Å². The molecule has 1 N–H and O–H groups in total. The summed E-state index contributed by atoms with van der Waals surface area (Å²) in [6, 6.07) is 17.2. The minimum absolute atomic E-state index is 0.0811. The molecule has 0 atom stereocenters. The highest BCUT2D eigenvalue weighted by Crippen LogP contribution is 2.22. The van der Waals surface area contributed by atoms with Crippen molar-refractivity contribution >= 4 is 28.8 Å². The van der Waals surface area contributed by atoms with Gasteiger partial charge in [-0.15, -0.1) is 11.3 Å². The number of thiazole rings is 1. The summed E-state index contributed by atoms with van der Waals surface area (Å²) < 4.78 is 1.64. The molecule has 2 heterocycles. The van der Waals surface area contributed by atoms with Crippen LogP contribution in [0.5, 0.6) is 0 Å². The third kappa shape index (κ3) is 4.87. The molecule has 0 aliphatic carbocycles. The predicted octanol–water partition coefficient (Wildman–Crippen LogP) is 4.23. The zero-order valence-electron chi connectivity index (χ0n) is 17.1. The Labute approximate surface area is 184 Å². The van der Waals surface area contributed by atoms with E-state index in [1.54, 1.807) is 52.5 Å². The number of amides is 2. The largest absolute Gasteiger partial charge is 0.335 e. The fourth-order valence-corrected chi connectivity index (χ4v) is 3.96. The first-order valence-corrected chi connectivity index (χ1v) is 10.6. The molecule has 2 aromatic carbocycles. The van der Waals surface area contributed by atoms with Crippen molar-refractivity contribution in [1.29, 1.82) is 0 Å². The predicted molar refractivity (Wildman–Crippen MR) is 121 cm³/mol. The van der Waals surface area contributed by atoms with E-state index in [1.807, 2.05) is 47.8 Å². The monoisotopic (exact) mass is 431 g/mol. The Morgan fingerprint density at radius 3 is 2.55 bits per heavy atom. The van der Waals surface area contributed by atoms with Crippen LogP contribution < -0.4 is 5.32 Å². The summed E-state index contributed by atoms with van der Waals surface area (Å²) in [6.45, 7) is 1.89. The summed E-state index contributed by atoms with van der Waals surface area (Å²) in [6.07, 6.45) is 3.29. The van der Waals surface area contributed by atoms with Crippen LogP contribution in [0.25, 0.3) is 16.9 Å². The molecule has 0 saturated carbocycles. The second kappa shape index (κ2) is 8.93. The number of benzene rings is 2. The van der Waals surface area contributed by atoms with E-state index in [0.29, 0.717) is 17.8 Å². The lowest BCUT2D eigenvalue weighted by molar-refractivity contribution is -0.114. The minimum Gasteiger partial charge on any atom is -0.335 e. The molecule has 0 unspecified atom stereocenters. The number of aromatic nitrogens is 3. The molecule has 0 bridgehead atoms. The van der Waals surface area contributed by atoms with Crippen LogP contribution in [0.4, 0.5) is 5.69 Å². The molecule has 8 heteroatoms. The van der Waals surface area contributed by atoms with Gasteiger partial charge in [-0.25, -0.2) is 9.67 Å². The maximum atomic E-state index is 12.8. The van der Waals surface area contributed by atoms with Crippen molar-refractivity contribution in [3.8, 4) is 16.9 Å². The highest BCUT2D eigenvalue weighted by atomic mass is 32.1. The fourth-order valence-electron chi connectivity index (χ4n) is 3.11. The Morgan fingerprint density at radius 1 is 1.10 bits per heavy atom. The van der Waals surface area contributed by atoms with E-state index in [-0.39, 0.29) is 11.8 Å². The maximum absolute atomic E-state index is 12.8. The maximum Gasteiger partial charge on any atom is 0.253 e. The molecule has 4 rings (SSSR count). The van der Waals surface area contributed by atoms with Crippen molar-refractivity contribution in [2.24, 2.45) is 0 Å². The van der Waals surface area contributed by atoms with Gasteiger partial charge < -0.3 is 10.2 Å². The van der Waals surface area contributed by atoms with Gasteiger partial charge in [-0.2, -0.15) is 5.10 Å². The number of carbonyl (C=O) groups excluding carboxylic acids is 2. The van der Waals surface area contributed by atoms with Gasteiger partial charge in [0.1, 0.15) is 5.01 Å². The highest BCUT2D eigenvalue weighted by molar-refractivity contribution is 7.09. The van der Waals surface area contributed by atoms with Crippen LogP contribution in [-0.4, -0.2) is 38.5 Å². The van der Waals surface area contributed by atoms with Gasteiger partial charge in [-0.05, 0) is 24.3 Å². The topological polar surface area (TPSA) is 80.1 Å². The number of hydrogen-bond acceptors (Lipinski definition) is 5. The van der Waals surface area contributed by atoms with Gasteiger partial charge in [0.05, 0.1) is 36.0 Å². The Morgan fingerprint density at radius 2 is 1.84 bits per heavy atom. The second-order valence-corrected chi connectivity index (χ2v) is 8.00. The summed E-state index contributed by atoms with van der Waals surface area (Å²) in [5.41, 5.74) is 3.98. The van der Waals surface area contributed by atoms with Crippen molar-refractivity contribution in [3.63, 3.8) is 0 Å². The Kier molecular flexibility index (Phi) is 5.90. The van der Waals surface area contributed by atoms with Crippen LogP contribution in [0.3, 0.4) is 0 Å². The van der Waals surface area contributed by atoms with E-state index in [9.17, 15) is 9.59 Å². The number of rotatable bonds is 6. The molecule has 156 valence electrons. The number of anilines is 1. The zero-order chi connectivity index (χ0) is 21.8. The Hall–Kier alpha value is -3.78. The zero-order valence-corrected chi connectivity index (χ0v) is 18.0. The lowest BCUT2D eigenvalue weighted by Gasteiger charge is -2.16. The van der Waals surface area contributed by atoms with Crippen molar-refractivity contribution in [2.45, 2.75) is 13.5 Å². The van der Waals surface area contributed by atoms with Crippen LogP contribution in [0.2, 0.25) is 0 Å². The Bertz CT molecular complexity index is 1200. The molecule has 0 fully saturated rings. The number of hydrogen-bond donors (Lipinski definition) is 1. The van der Waals surface area contributed by atoms with Gasteiger partial charge in [0.25, 0.3) is 5.91 Å². The first-order chi connectivity index (χ1) is 15.0. The van der Waals surface area contributed by atoms with E-state index >= 15 is 0 Å². The average molecular weight is 432 g/mol. The van der Waals surface area contributed by atoms with Gasteiger partial charge in [-0.1, -0.05) is 30.3 Å². The molecule has 0 spiro atoms. The smallest absolute Gasteiger partial charge is 0.253 e. The van der Waals surface area contributed by atoms with Crippen molar-refractivity contribution < 1.29 is 9.59 Å². The molecule has 2 amide bonds. The molecule has 0 aliphatic heterocycles. The van der Waals surface area contributed by atoms with Crippen LogP contribution in [-0.2, 0) is 11.3 Å². The standard InChI is InChI=1S/C23H21N5O2S/c1-16(29)25-19-12-24-28(13-19)20-10-8-18(9-11-20)23(30)27(2)14-22-26-21(15-31-22)17-6-4-3-5-7-17/h3-13,15H,14H2,1-2H3,(H,25,29). The molecule has 7 nitrogen and oxygen atoms in total. The van der Waals surface area contributed by atoms with Crippen LogP contribution in [0.1, 0.15) is 22.3 Å². The van der Waals surface area contributed by atoms with Gasteiger partial charge in [0, 0.05) is 30.5 Å². The summed E-state index contributed by atoms with van der Waals surface area (Å²) in [7, 11) is 1.77. The van der Waals surface area contributed by atoms with Crippen molar-refractivity contribution in [3.05, 3.63) is 82.9 Å². The van der Waals surface area contributed by atoms with E-state index < -0.39 is 0 Å². The molecule has 0 radical (unpaired) electrons. The van der Waals surface area contributed by atoms with Gasteiger partial charge in [0.15, 0.2) is 0 Å². The fraction of sp³-hybridized carbons (Fsp3) is 0.130. The van der Waals surface area contributed by atoms with Crippen molar-refractivity contribution in [1.82, 2.24) is 19.7 Å². The normalized spacial score (nSPS) is 10.6. The van der Waals surface area contributed by atoms with Crippen LogP contribution in [0, 0.1) is 0 Å². The average Bonchev–Trinajstić information content (AvgIpc) is 3.43. The third-order valence-corrected chi connectivity index (χ3v) is 5.46. The molecule has 31 heavy (non-hydrogen) atoms. The van der Waals surface area contributed by atoms with Gasteiger partial charge >= 0.3 is 0 Å². The minimum atomic E-state index is -0.153. The summed E-state index contributed by atoms with van der Waals surface area (Å²) in [5, 5.41) is 9.81. The first-order valence-electron chi connectivity index (χ1n) is 9.67. The van der Waals surface area contributed by atoms with E-state index in [2.05, 4.69) is 15.4 Å².